The van der Waals surface area contributed by atoms with E-state index in [4.69, 9.17) is 25.8 Å². The molecule has 2 saturated heterocycles. The van der Waals surface area contributed by atoms with E-state index in [2.05, 4.69) is 15.1 Å². The molecule has 308 valence electrons. The quantitative estimate of drug-likeness (QED) is 0.143. The number of anilines is 2. The van der Waals surface area contributed by atoms with Crippen LogP contribution in [0.2, 0.25) is 0 Å². The normalized spacial score (nSPS) is 16.6. The highest BCUT2D eigenvalue weighted by molar-refractivity contribution is 6.53. The van der Waals surface area contributed by atoms with Crippen molar-refractivity contribution in [1.82, 2.24) is 15.1 Å². The van der Waals surface area contributed by atoms with Crippen molar-refractivity contribution in [1.29, 1.82) is 5.41 Å². The van der Waals surface area contributed by atoms with Crippen LogP contribution in [0.1, 0.15) is 63.1 Å². The van der Waals surface area contributed by atoms with Gasteiger partial charge in [0.25, 0.3) is 5.91 Å². The first-order valence-corrected chi connectivity index (χ1v) is 20.7. The summed E-state index contributed by atoms with van der Waals surface area (Å²) in [6, 6.07) is 16.5. The van der Waals surface area contributed by atoms with E-state index in [1.807, 2.05) is 36.4 Å². The lowest BCUT2D eigenvalue weighted by Gasteiger charge is -2.43. The molecule has 14 heteroatoms. The minimum Gasteiger partial charge on any atom is -0.457 e. The molecule has 0 radical (unpaired) electrons. The van der Waals surface area contributed by atoms with Gasteiger partial charge in [-0.25, -0.2) is 0 Å². The lowest BCUT2D eigenvalue weighted by atomic mass is 9.67. The van der Waals surface area contributed by atoms with Crippen molar-refractivity contribution in [2.45, 2.75) is 31.1 Å². The molecule has 3 aliphatic heterocycles. The highest BCUT2D eigenvalue weighted by atomic mass is 35.5. The maximum atomic E-state index is 14.1. The Labute approximate surface area is 345 Å². The summed E-state index contributed by atoms with van der Waals surface area (Å²) in [5.74, 6) is 0.880. The Morgan fingerprint density at radius 1 is 0.759 bits per heavy atom. The summed E-state index contributed by atoms with van der Waals surface area (Å²) in [5.41, 5.74) is 2.74. The summed E-state index contributed by atoms with van der Waals surface area (Å²) in [6.07, 6.45) is 4.21. The van der Waals surface area contributed by atoms with E-state index in [-0.39, 0.29) is 41.8 Å². The topological polar surface area (TPSA) is 145 Å². The van der Waals surface area contributed by atoms with Crippen molar-refractivity contribution in [3.63, 3.8) is 0 Å². The van der Waals surface area contributed by atoms with Crippen molar-refractivity contribution in [3.8, 4) is 11.5 Å². The fraction of sp³-hybridized carbons (Fsp3) is 0.477. The number of ether oxygens (including phenoxy) is 3. The average molecular weight is 813 g/mol. The minimum absolute atomic E-state index is 0.0820. The third kappa shape index (κ3) is 7.79. The van der Waals surface area contributed by atoms with Crippen LogP contribution in [0.3, 0.4) is 0 Å². The molecule has 1 spiro atoms. The standard InChI is InChI=1S/C44H53ClN6O7/c1-48(2)42(54)29-24-50(25-29)31-10-13-34-37(22-31)58-38-23-32(51-26-30(27-51)43(55)49(3)4)11-14-35(38)44(34)36-21-28(9-12-33(36)39(52)40(44)46)41(53)47-16-18-57-20-19-56-17-8-6-5-7-15-45/h9-14,21-23,29-30,46H,5-8,15-20,24-27H2,1-4H3,(H,47,53). The Balaban J connectivity index is 1.13. The highest BCUT2D eigenvalue weighted by Crippen LogP contribution is 2.57. The lowest BCUT2D eigenvalue weighted by molar-refractivity contribution is -0.134. The number of rotatable bonds is 17. The molecule has 1 aliphatic carbocycles. The second-order valence-corrected chi connectivity index (χ2v) is 16.3. The lowest BCUT2D eigenvalue weighted by Crippen LogP contribution is -2.53. The van der Waals surface area contributed by atoms with Gasteiger partial charge in [0.2, 0.25) is 17.6 Å². The van der Waals surface area contributed by atoms with Crippen LogP contribution >= 0.6 is 11.6 Å². The molecule has 13 nitrogen and oxygen atoms in total. The average Bonchev–Trinajstić information content (AvgIpc) is 3.38. The van der Waals surface area contributed by atoms with Gasteiger partial charge >= 0.3 is 0 Å². The molecule has 3 aromatic carbocycles. The molecule has 0 aromatic heterocycles. The number of carbonyl (C=O) groups excluding carboxylic acids is 4. The minimum atomic E-state index is -1.35. The van der Waals surface area contributed by atoms with Crippen molar-refractivity contribution >= 4 is 52.2 Å². The smallest absolute Gasteiger partial charge is 0.251 e. The van der Waals surface area contributed by atoms with Crippen molar-refractivity contribution in [2.24, 2.45) is 11.8 Å². The maximum absolute atomic E-state index is 14.1. The first-order chi connectivity index (χ1) is 27.9. The Hall–Kier alpha value is -4.98. The third-order valence-electron chi connectivity index (χ3n) is 11.6. The van der Waals surface area contributed by atoms with E-state index in [0.717, 1.165) is 37.1 Å². The number of hydrogen-bond donors (Lipinski definition) is 2. The van der Waals surface area contributed by atoms with E-state index in [1.54, 1.807) is 56.2 Å². The highest BCUT2D eigenvalue weighted by Gasteiger charge is 2.56. The number of hydrogen-bond acceptors (Lipinski definition) is 10. The second-order valence-electron chi connectivity index (χ2n) is 15.9. The number of fused-ring (bicyclic) bond motifs is 6. The number of nitrogens with one attached hydrogen (secondary N) is 2. The number of ketones is 1. The summed E-state index contributed by atoms with van der Waals surface area (Å²) in [7, 11) is 7.04. The number of benzene rings is 3. The van der Waals surface area contributed by atoms with Gasteiger partial charge in [0.1, 0.15) is 11.5 Å². The first-order valence-electron chi connectivity index (χ1n) is 20.1. The van der Waals surface area contributed by atoms with Crippen LogP contribution in [0.15, 0.2) is 54.6 Å². The number of amides is 3. The molecule has 3 aromatic rings. The van der Waals surface area contributed by atoms with Gasteiger partial charge in [-0.15, -0.1) is 11.6 Å². The summed E-state index contributed by atoms with van der Waals surface area (Å²) >= 11 is 5.73. The Morgan fingerprint density at radius 2 is 1.31 bits per heavy atom. The Bertz CT molecular complexity index is 1990. The largest absolute Gasteiger partial charge is 0.457 e. The van der Waals surface area contributed by atoms with Gasteiger partial charge in [-0.3, -0.25) is 24.6 Å². The van der Waals surface area contributed by atoms with Crippen LogP contribution in [-0.4, -0.2) is 132 Å². The fourth-order valence-electron chi connectivity index (χ4n) is 8.39. The second kappa shape index (κ2) is 17.5. The molecule has 0 saturated carbocycles. The molecule has 2 fully saturated rings. The zero-order valence-corrected chi connectivity index (χ0v) is 34.5. The number of alkyl halides is 1. The molecule has 58 heavy (non-hydrogen) atoms. The number of Topliss-reactive ketones (excluding diaryl/α,β-unsaturated/α-hetero) is 1. The van der Waals surface area contributed by atoms with Gasteiger partial charge in [-0.05, 0) is 48.7 Å². The van der Waals surface area contributed by atoms with E-state index in [9.17, 15) is 24.6 Å². The molecule has 0 unspecified atom stereocenters. The van der Waals surface area contributed by atoms with E-state index < -0.39 is 11.2 Å². The summed E-state index contributed by atoms with van der Waals surface area (Å²) < 4.78 is 18.0. The van der Waals surface area contributed by atoms with Crippen molar-refractivity contribution in [2.75, 3.05) is 103 Å². The van der Waals surface area contributed by atoms with E-state index in [0.29, 0.717) is 97.8 Å². The van der Waals surface area contributed by atoms with Crippen LogP contribution < -0.4 is 19.9 Å². The van der Waals surface area contributed by atoms with Gasteiger partial charge in [-0.1, -0.05) is 25.0 Å². The van der Waals surface area contributed by atoms with Crippen molar-refractivity contribution < 1.29 is 33.4 Å². The molecule has 3 heterocycles. The predicted octanol–water partition coefficient (Wildman–Crippen LogP) is 4.95. The molecular weight excluding hydrogens is 760 g/mol. The molecule has 0 atom stereocenters. The molecule has 4 aliphatic rings. The van der Waals surface area contributed by atoms with Crippen LogP contribution in [0.4, 0.5) is 11.4 Å². The summed E-state index contributed by atoms with van der Waals surface area (Å²) in [4.78, 5) is 60.3. The van der Waals surface area contributed by atoms with Crippen LogP contribution in [-0.2, 0) is 24.5 Å². The third-order valence-corrected chi connectivity index (χ3v) is 11.9. The zero-order chi connectivity index (χ0) is 41.1. The number of nitrogens with zero attached hydrogens (tertiary/aromatic N) is 4. The van der Waals surface area contributed by atoms with Gasteiger partial charge in [-0.2, -0.15) is 0 Å². The van der Waals surface area contributed by atoms with E-state index >= 15 is 0 Å². The maximum Gasteiger partial charge on any atom is 0.251 e. The van der Waals surface area contributed by atoms with Crippen LogP contribution in [0.5, 0.6) is 11.5 Å². The van der Waals surface area contributed by atoms with E-state index in [1.165, 1.54) is 0 Å². The van der Waals surface area contributed by atoms with Gasteiger partial charge in [0, 0.05) is 119 Å². The van der Waals surface area contributed by atoms with Crippen LogP contribution in [0.25, 0.3) is 0 Å². The Morgan fingerprint density at radius 3 is 1.86 bits per heavy atom. The fourth-order valence-corrected chi connectivity index (χ4v) is 8.58. The number of unbranched alkanes of at least 4 members (excludes halogenated alkanes) is 3. The molecular formula is C44H53ClN6O7. The monoisotopic (exact) mass is 812 g/mol. The van der Waals surface area contributed by atoms with Crippen molar-refractivity contribution in [3.05, 3.63) is 82.4 Å². The molecule has 3 amide bonds. The van der Waals surface area contributed by atoms with Crippen LogP contribution in [0, 0.1) is 17.2 Å². The van der Waals surface area contributed by atoms with Gasteiger partial charge in [0.05, 0.1) is 42.8 Å². The molecule has 0 bridgehead atoms. The molecule has 2 N–H and O–H groups in total. The summed E-state index contributed by atoms with van der Waals surface area (Å²) in [6.45, 7) is 4.44. The summed E-state index contributed by atoms with van der Waals surface area (Å²) in [5, 5.41) is 12.5. The zero-order valence-electron chi connectivity index (χ0n) is 33.8. The SMILES string of the molecule is CN(C)C(=O)C1CN(c2ccc3c(c2)Oc2cc(N4CC(C(=O)N(C)C)C4)ccc2C32C(=N)C(=O)c3ccc(C(=O)NCCOCCOCCCCCCCl)cc32)C1. The van der Waals surface area contributed by atoms with Gasteiger partial charge < -0.3 is 39.1 Å². The number of carbonyl (C=O) groups is 4. The first kappa shape index (κ1) is 41.2. The van der Waals surface area contributed by atoms with Gasteiger partial charge in [0.15, 0.2) is 0 Å². The predicted molar refractivity (Wildman–Crippen MR) is 223 cm³/mol. The Kier molecular flexibility index (Phi) is 12.4. The number of halogens is 1. The molecule has 7 rings (SSSR count).